The van der Waals surface area contributed by atoms with Gasteiger partial charge in [-0.3, -0.25) is 15.0 Å². The van der Waals surface area contributed by atoms with E-state index in [1.807, 2.05) is 6.07 Å². The molecule has 0 radical (unpaired) electrons. The Morgan fingerprint density at radius 3 is 2.27 bits per heavy atom. The van der Waals surface area contributed by atoms with E-state index in [1.165, 1.54) is 43.6 Å². The van der Waals surface area contributed by atoms with Crippen molar-refractivity contribution in [2.75, 3.05) is 7.11 Å². The number of methoxy groups -OCH3 is 1. The molecule has 2 aromatic carbocycles. The lowest BCUT2D eigenvalue weighted by Crippen LogP contribution is -2.43. The van der Waals surface area contributed by atoms with Crippen LogP contribution in [0, 0.1) is 0 Å². The van der Waals surface area contributed by atoms with Gasteiger partial charge in [0.25, 0.3) is 15.9 Å². The van der Waals surface area contributed by atoms with E-state index in [-0.39, 0.29) is 22.8 Å². The van der Waals surface area contributed by atoms with Gasteiger partial charge < -0.3 is 4.74 Å². The van der Waals surface area contributed by atoms with E-state index in [1.54, 1.807) is 41.1 Å². The van der Waals surface area contributed by atoms with Crippen LogP contribution in [0.25, 0.3) is 0 Å². The number of ketones is 1. The van der Waals surface area contributed by atoms with Crippen LogP contribution < -0.4 is 19.6 Å². The van der Waals surface area contributed by atoms with Crippen LogP contribution in [0.15, 0.2) is 84.0 Å². The topological polar surface area (TPSA) is 105 Å². The molecule has 0 saturated heterocycles. The molecule has 0 unspecified atom stereocenters. The van der Waals surface area contributed by atoms with Crippen LogP contribution in [0.3, 0.4) is 0 Å². The fraction of sp³-hybridized carbons (Fsp3) is 0.0952. The van der Waals surface area contributed by atoms with E-state index in [0.29, 0.717) is 11.3 Å². The zero-order valence-corrected chi connectivity index (χ0v) is 16.9. The molecule has 1 amide bonds. The lowest BCUT2D eigenvalue weighted by Gasteiger charge is -2.08. The molecule has 0 aliphatic rings. The summed E-state index contributed by atoms with van der Waals surface area (Å²) in [6.07, 6.45) is 3.12. The zero-order valence-electron chi connectivity index (χ0n) is 16.1. The summed E-state index contributed by atoms with van der Waals surface area (Å²) >= 11 is 0. The van der Waals surface area contributed by atoms with Crippen molar-refractivity contribution in [2.24, 2.45) is 0 Å². The van der Waals surface area contributed by atoms with Crippen molar-refractivity contribution in [3.63, 3.8) is 0 Å². The van der Waals surface area contributed by atoms with Crippen LogP contribution in [0.2, 0.25) is 0 Å². The van der Waals surface area contributed by atoms with Gasteiger partial charge in [0.2, 0.25) is 12.3 Å². The van der Waals surface area contributed by atoms with Gasteiger partial charge in [-0.1, -0.05) is 30.3 Å². The molecule has 0 atom stereocenters. The van der Waals surface area contributed by atoms with E-state index >= 15 is 0 Å². The van der Waals surface area contributed by atoms with Gasteiger partial charge in [-0.05, 0) is 30.3 Å². The molecule has 0 fully saturated rings. The maximum Gasteiger partial charge on any atom is 0.272 e. The standard InChI is InChI=1S/C21H19N3O5S/c1-29-18-9-11-19(12-10-18)30(27,28)23-22-21(26)17-8-5-13-24(14-17)15-20(25)16-6-3-2-4-7-16/h2-14,23H,15H2,1H3/p+1. The highest BCUT2D eigenvalue weighted by atomic mass is 32.2. The second-order valence-electron chi connectivity index (χ2n) is 6.29. The Morgan fingerprint density at radius 2 is 1.60 bits per heavy atom. The first-order valence-corrected chi connectivity index (χ1v) is 10.4. The number of Topliss-reactive ketones (excluding diaryl/α,β-unsaturated/α-hetero) is 1. The highest BCUT2D eigenvalue weighted by Gasteiger charge is 2.18. The third kappa shape index (κ3) is 5.28. The van der Waals surface area contributed by atoms with E-state index in [2.05, 4.69) is 10.3 Å². The number of nitrogens with zero attached hydrogens (tertiary/aromatic N) is 1. The number of amides is 1. The molecule has 154 valence electrons. The maximum atomic E-state index is 12.4. The summed E-state index contributed by atoms with van der Waals surface area (Å²) in [6, 6.07) is 17.6. The molecular weight excluding hydrogens is 406 g/mol. The van der Waals surface area contributed by atoms with Gasteiger partial charge in [-0.25, -0.2) is 8.42 Å². The molecule has 0 bridgehead atoms. The number of carbonyl (C=O) groups excluding carboxylic acids is 2. The van der Waals surface area contributed by atoms with Gasteiger partial charge in [0.1, 0.15) is 11.3 Å². The number of carbonyl (C=O) groups is 2. The zero-order chi connectivity index (χ0) is 21.6. The first-order valence-electron chi connectivity index (χ1n) is 8.92. The van der Waals surface area contributed by atoms with Gasteiger partial charge in [0, 0.05) is 11.6 Å². The molecule has 0 spiro atoms. The number of hydrazine groups is 1. The van der Waals surface area contributed by atoms with Crippen molar-refractivity contribution in [3.05, 3.63) is 90.3 Å². The molecule has 8 nitrogen and oxygen atoms in total. The lowest BCUT2D eigenvalue weighted by atomic mass is 10.1. The molecule has 30 heavy (non-hydrogen) atoms. The van der Waals surface area contributed by atoms with Crippen LogP contribution in [0.4, 0.5) is 0 Å². The average Bonchev–Trinajstić information content (AvgIpc) is 2.78. The minimum Gasteiger partial charge on any atom is -0.497 e. The molecule has 0 aliphatic heterocycles. The SMILES string of the molecule is COc1ccc(S(=O)(=O)NNC(=O)c2ccc[n+](CC(=O)c3ccccc3)c2)cc1. The largest absolute Gasteiger partial charge is 0.497 e. The highest BCUT2D eigenvalue weighted by molar-refractivity contribution is 7.89. The molecular formula is C21H20N3O5S+. The molecule has 3 rings (SSSR count). The lowest BCUT2D eigenvalue weighted by molar-refractivity contribution is -0.683. The number of rotatable bonds is 8. The molecule has 0 saturated carbocycles. The smallest absolute Gasteiger partial charge is 0.272 e. The van der Waals surface area contributed by atoms with E-state index in [0.717, 1.165) is 0 Å². The normalized spacial score (nSPS) is 11.0. The van der Waals surface area contributed by atoms with Gasteiger partial charge in [0.15, 0.2) is 12.4 Å². The molecule has 2 N–H and O–H groups in total. The Morgan fingerprint density at radius 1 is 0.933 bits per heavy atom. The van der Waals surface area contributed by atoms with Crippen LogP contribution in [0.5, 0.6) is 5.75 Å². The van der Waals surface area contributed by atoms with E-state index in [4.69, 9.17) is 4.74 Å². The average molecular weight is 426 g/mol. The van der Waals surface area contributed by atoms with Crippen LogP contribution in [0.1, 0.15) is 20.7 Å². The van der Waals surface area contributed by atoms with Crippen LogP contribution in [-0.4, -0.2) is 27.2 Å². The molecule has 9 heteroatoms. The first kappa shape index (κ1) is 21.2. The number of hydrogen-bond donors (Lipinski definition) is 2. The summed E-state index contributed by atoms with van der Waals surface area (Å²) in [4.78, 5) is 26.7. The Bertz CT molecular complexity index is 1150. The highest BCUT2D eigenvalue weighted by Crippen LogP contribution is 2.14. The number of sulfonamides is 1. The van der Waals surface area contributed by atoms with Gasteiger partial charge in [-0.15, -0.1) is 4.83 Å². The third-order valence-electron chi connectivity index (χ3n) is 4.21. The fourth-order valence-corrected chi connectivity index (χ4v) is 3.47. The number of hydrogen-bond acceptors (Lipinski definition) is 5. The number of aromatic nitrogens is 1. The van der Waals surface area contributed by atoms with Crippen LogP contribution in [-0.2, 0) is 16.6 Å². The summed E-state index contributed by atoms with van der Waals surface area (Å²) in [7, 11) is -2.48. The van der Waals surface area contributed by atoms with Gasteiger partial charge in [0.05, 0.1) is 12.0 Å². The van der Waals surface area contributed by atoms with Crippen molar-refractivity contribution < 1.29 is 27.3 Å². The summed E-state index contributed by atoms with van der Waals surface area (Å²) < 4.78 is 31.2. The quantitative estimate of drug-likeness (QED) is 0.323. The first-order chi connectivity index (χ1) is 14.4. The Hall–Kier alpha value is -3.56. The van der Waals surface area contributed by atoms with Gasteiger partial charge in [-0.2, -0.15) is 4.57 Å². The molecule has 3 aromatic rings. The summed E-state index contributed by atoms with van der Waals surface area (Å²) in [5.74, 6) is -0.260. The van der Waals surface area contributed by atoms with Crippen molar-refractivity contribution in [3.8, 4) is 5.75 Å². The number of pyridine rings is 1. The van der Waals surface area contributed by atoms with E-state index < -0.39 is 15.9 Å². The number of ether oxygens (including phenoxy) is 1. The predicted molar refractivity (Wildman–Crippen MR) is 108 cm³/mol. The maximum absolute atomic E-state index is 12.4. The summed E-state index contributed by atoms with van der Waals surface area (Å²) in [6.45, 7) is 0.0444. The second-order valence-corrected chi connectivity index (χ2v) is 7.97. The molecule has 1 heterocycles. The number of nitrogens with one attached hydrogen (secondary N) is 2. The minimum absolute atomic E-state index is 0.0276. The van der Waals surface area contributed by atoms with Crippen molar-refractivity contribution in [1.82, 2.24) is 10.3 Å². The van der Waals surface area contributed by atoms with Crippen molar-refractivity contribution >= 4 is 21.7 Å². The summed E-state index contributed by atoms with van der Waals surface area (Å²) in [5.41, 5.74) is 2.92. The molecule has 0 aliphatic carbocycles. The van der Waals surface area contributed by atoms with Crippen molar-refractivity contribution in [1.29, 1.82) is 0 Å². The third-order valence-corrected chi connectivity index (χ3v) is 5.47. The monoisotopic (exact) mass is 426 g/mol. The van der Waals surface area contributed by atoms with Gasteiger partial charge >= 0.3 is 0 Å². The van der Waals surface area contributed by atoms with Crippen LogP contribution >= 0.6 is 0 Å². The Balaban J connectivity index is 1.65. The fourth-order valence-electron chi connectivity index (χ4n) is 2.64. The second kappa shape index (κ2) is 9.29. The minimum atomic E-state index is -3.95. The predicted octanol–water partition coefficient (Wildman–Crippen LogP) is 1.49. The Kier molecular flexibility index (Phi) is 6.55. The van der Waals surface area contributed by atoms with E-state index in [9.17, 15) is 18.0 Å². The summed E-state index contributed by atoms with van der Waals surface area (Å²) in [5, 5.41) is 0. The Labute approximate surface area is 174 Å². The molecule has 1 aromatic heterocycles. The number of benzene rings is 2. The van der Waals surface area contributed by atoms with Crippen molar-refractivity contribution in [2.45, 2.75) is 11.4 Å².